The standard InChI is InChI=1S/C21H27N5O2S/c1-14-5-6-17-19(16(14)3)22-21(29-17)26(8-7-25-9-11-28-12-10-25)20(27)18-15(2)13-24(4)23-18/h5-6,13H,7-12H2,1-4H3. The summed E-state index contributed by atoms with van der Waals surface area (Å²) in [4.78, 5) is 22.4. The molecule has 1 aliphatic heterocycles. The number of amides is 1. The van der Waals surface area contributed by atoms with Gasteiger partial charge in [-0.25, -0.2) is 4.98 Å². The third-order valence-corrected chi connectivity index (χ3v) is 6.55. The molecule has 0 saturated carbocycles. The minimum absolute atomic E-state index is 0.0928. The van der Waals surface area contributed by atoms with Crippen molar-refractivity contribution in [2.45, 2.75) is 20.8 Å². The van der Waals surface area contributed by atoms with Crippen LogP contribution >= 0.6 is 11.3 Å². The van der Waals surface area contributed by atoms with E-state index in [9.17, 15) is 4.79 Å². The van der Waals surface area contributed by atoms with E-state index in [4.69, 9.17) is 9.72 Å². The zero-order valence-corrected chi connectivity index (χ0v) is 18.3. The summed E-state index contributed by atoms with van der Waals surface area (Å²) in [5, 5.41) is 5.14. The summed E-state index contributed by atoms with van der Waals surface area (Å²) in [6.45, 7) is 10.7. The maximum atomic E-state index is 13.5. The van der Waals surface area contributed by atoms with Gasteiger partial charge in [-0.15, -0.1) is 0 Å². The van der Waals surface area contributed by atoms with Crippen molar-refractivity contribution < 1.29 is 9.53 Å². The van der Waals surface area contributed by atoms with Gasteiger partial charge in [-0.05, 0) is 38.0 Å². The van der Waals surface area contributed by atoms with Gasteiger partial charge >= 0.3 is 0 Å². The zero-order valence-electron chi connectivity index (χ0n) is 17.4. The molecule has 0 aliphatic carbocycles. The average molecular weight is 414 g/mol. The van der Waals surface area contributed by atoms with E-state index in [-0.39, 0.29) is 5.91 Å². The second-order valence-corrected chi connectivity index (χ2v) is 8.60. The van der Waals surface area contributed by atoms with Crippen LogP contribution in [0.5, 0.6) is 0 Å². The van der Waals surface area contributed by atoms with E-state index in [2.05, 4.69) is 36.0 Å². The van der Waals surface area contributed by atoms with Gasteiger partial charge in [0.2, 0.25) is 0 Å². The Labute approximate surface area is 174 Å². The van der Waals surface area contributed by atoms with Crippen LogP contribution in [0.4, 0.5) is 5.13 Å². The van der Waals surface area contributed by atoms with Crippen LogP contribution in [0.2, 0.25) is 0 Å². The number of anilines is 1. The van der Waals surface area contributed by atoms with Crippen molar-refractivity contribution in [3.8, 4) is 0 Å². The molecule has 1 aliphatic rings. The summed E-state index contributed by atoms with van der Waals surface area (Å²) in [5.74, 6) is -0.0928. The SMILES string of the molecule is Cc1cn(C)nc1C(=O)N(CCN1CCOCC1)c1nc2c(C)c(C)ccc2s1. The van der Waals surface area contributed by atoms with Gasteiger partial charge in [0.25, 0.3) is 5.91 Å². The number of ether oxygens (including phenoxy) is 1. The normalized spacial score (nSPS) is 15.2. The summed E-state index contributed by atoms with van der Waals surface area (Å²) in [5.41, 5.74) is 4.72. The van der Waals surface area contributed by atoms with Crippen LogP contribution in [0.25, 0.3) is 10.2 Å². The molecule has 1 amide bonds. The van der Waals surface area contributed by atoms with Crippen molar-refractivity contribution in [2.75, 3.05) is 44.3 Å². The topological polar surface area (TPSA) is 63.5 Å². The van der Waals surface area contributed by atoms with Gasteiger partial charge in [0.05, 0.1) is 23.4 Å². The largest absolute Gasteiger partial charge is 0.379 e. The van der Waals surface area contributed by atoms with Crippen molar-refractivity contribution in [2.24, 2.45) is 7.05 Å². The van der Waals surface area contributed by atoms with Crippen molar-refractivity contribution in [3.63, 3.8) is 0 Å². The van der Waals surface area contributed by atoms with Crippen molar-refractivity contribution in [1.82, 2.24) is 19.7 Å². The molecular weight excluding hydrogens is 386 g/mol. The number of benzene rings is 1. The van der Waals surface area contributed by atoms with Crippen LogP contribution in [0.3, 0.4) is 0 Å². The number of hydrogen-bond donors (Lipinski definition) is 0. The maximum Gasteiger partial charge on any atom is 0.280 e. The second kappa shape index (κ2) is 8.22. The first kappa shape index (κ1) is 20.0. The van der Waals surface area contributed by atoms with E-state index in [0.29, 0.717) is 12.2 Å². The van der Waals surface area contributed by atoms with Crippen LogP contribution in [0, 0.1) is 20.8 Å². The molecule has 0 bridgehead atoms. The second-order valence-electron chi connectivity index (χ2n) is 7.60. The fraction of sp³-hybridized carbons (Fsp3) is 0.476. The number of rotatable bonds is 5. The van der Waals surface area contributed by atoms with Gasteiger partial charge in [0.15, 0.2) is 10.8 Å². The van der Waals surface area contributed by atoms with Gasteiger partial charge < -0.3 is 4.74 Å². The summed E-state index contributed by atoms with van der Waals surface area (Å²) < 4.78 is 8.24. The van der Waals surface area contributed by atoms with Gasteiger partial charge in [-0.3, -0.25) is 19.3 Å². The predicted molar refractivity (Wildman–Crippen MR) is 116 cm³/mol. The Bertz CT molecular complexity index is 1040. The number of thiazole rings is 1. The summed E-state index contributed by atoms with van der Waals surface area (Å²) in [6.07, 6.45) is 1.87. The first-order valence-electron chi connectivity index (χ1n) is 9.93. The number of hydrogen-bond acceptors (Lipinski definition) is 6. The molecule has 0 N–H and O–H groups in total. The fourth-order valence-corrected chi connectivity index (χ4v) is 4.68. The van der Waals surface area contributed by atoms with E-state index in [1.54, 1.807) is 20.9 Å². The predicted octanol–water partition coefficient (Wildman–Crippen LogP) is 2.93. The molecule has 1 fully saturated rings. The molecule has 1 saturated heterocycles. The van der Waals surface area contributed by atoms with E-state index in [1.807, 2.05) is 20.2 Å². The van der Waals surface area contributed by atoms with Crippen LogP contribution in [0.1, 0.15) is 27.2 Å². The first-order chi connectivity index (χ1) is 13.9. The zero-order chi connectivity index (χ0) is 20.5. The number of carbonyl (C=O) groups is 1. The van der Waals surface area contributed by atoms with Crippen molar-refractivity contribution in [1.29, 1.82) is 0 Å². The molecule has 1 aromatic carbocycles. The molecule has 3 heterocycles. The van der Waals surface area contributed by atoms with Crippen LogP contribution in [0.15, 0.2) is 18.3 Å². The van der Waals surface area contributed by atoms with E-state index < -0.39 is 0 Å². The Balaban J connectivity index is 1.68. The minimum atomic E-state index is -0.0928. The molecule has 4 rings (SSSR count). The third-order valence-electron chi connectivity index (χ3n) is 5.51. The number of carbonyl (C=O) groups excluding carboxylic acids is 1. The molecule has 0 spiro atoms. The highest BCUT2D eigenvalue weighted by Gasteiger charge is 2.26. The smallest absolute Gasteiger partial charge is 0.280 e. The van der Waals surface area contributed by atoms with E-state index >= 15 is 0 Å². The monoisotopic (exact) mass is 413 g/mol. The van der Waals surface area contributed by atoms with Crippen LogP contribution in [-0.2, 0) is 11.8 Å². The van der Waals surface area contributed by atoms with Gasteiger partial charge in [-0.1, -0.05) is 17.4 Å². The van der Waals surface area contributed by atoms with E-state index in [1.165, 1.54) is 11.1 Å². The fourth-order valence-electron chi connectivity index (χ4n) is 3.63. The molecule has 2 aromatic heterocycles. The number of aromatic nitrogens is 3. The Hall–Kier alpha value is -2.29. The van der Waals surface area contributed by atoms with Gasteiger partial charge in [0.1, 0.15) is 0 Å². The Morgan fingerprint density at radius 1 is 1.21 bits per heavy atom. The summed E-state index contributed by atoms with van der Waals surface area (Å²) in [6, 6.07) is 4.21. The molecule has 0 unspecified atom stereocenters. The first-order valence-corrected chi connectivity index (χ1v) is 10.7. The molecule has 8 heteroatoms. The highest BCUT2D eigenvalue weighted by atomic mass is 32.1. The number of aryl methyl sites for hydroxylation is 4. The van der Waals surface area contributed by atoms with E-state index in [0.717, 1.165) is 53.8 Å². The molecular formula is C21H27N5O2S. The van der Waals surface area contributed by atoms with Crippen LogP contribution < -0.4 is 4.90 Å². The quantitative estimate of drug-likeness (QED) is 0.644. The van der Waals surface area contributed by atoms with Gasteiger partial charge in [0, 0.05) is 45.0 Å². The molecule has 0 atom stereocenters. The Morgan fingerprint density at radius 3 is 2.66 bits per heavy atom. The van der Waals surface area contributed by atoms with Gasteiger partial charge in [-0.2, -0.15) is 5.10 Å². The Kier molecular flexibility index (Phi) is 5.67. The van der Waals surface area contributed by atoms with Crippen LogP contribution in [-0.4, -0.2) is 65.0 Å². The average Bonchev–Trinajstić information content (AvgIpc) is 3.29. The molecule has 29 heavy (non-hydrogen) atoms. The summed E-state index contributed by atoms with van der Waals surface area (Å²) >= 11 is 1.57. The Morgan fingerprint density at radius 2 is 1.97 bits per heavy atom. The van der Waals surface area contributed by atoms with Crippen molar-refractivity contribution >= 4 is 32.6 Å². The minimum Gasteiger partial charge on any atom is -0.379 e. The summed E-state index contributed by atoms with van der Waals surface area (Å²) in [7, 11) is 1.84. The molecule has 3 aromatic rings. The lowest BCUT2D eigenvalue weighted by atomic mass is 10.1. The molecule has 154 valence electrons. The third kappa shape index (κ3) is 4.05. The molecule has 0 radical (unpaired) electrons. The molecule has 7 nitrogen and oxygen atoms in total. The number of nitrogens with zero attached hydrogens (tertiary/aromatic N) is 5. The van der Waals surface area contributed by atoms with Crippen molar-refractivity contribution in [3.05, 3.63) is 40.7 Å². The maximum absolute atomic E-state index is 13.5. The lowest BCUT2D eigenvalue weighted by Crippen LogP contribution is -2.43. The lowest BCUT2D eigenvalue weighted by Gasteiger charge is -2.29. The highest BCUT2D eigenvalue weighted by molar-refractivity contribution is 7.22. The number of fused-ring (bicyclic) bond motifs is 1. The lowest BCUT2D eigenvalue weighted by molar-refractivity contribution is 0.0391. The number of morpholine rings is 1. The highest BCUT2D eigenvalue weighted by Crippen LogP contribution is 2.32.